The van der Waals surface area contributed by atoms with E-state index in [-0.39, 0.29) is 29.4 Å². The van der Waals surface area contributed by atoms with Crippen LogP contribution in [0.2, 0.25) is 5.02 Å². The van der Waals surface area contributed by atoms with Gasteiger partial charge in [0.25, 0.3) is 0 Å². The number of ether oxygens (including phenoxy) is 1. The summed E-state index contributed by atoms with van der Waals surface area (Å²) in [5, 5.41) is 0.300. The van der Waals surface area contributed by atoms with E-state index in [0.717, 1.165) is 6.26 Å². The number of amides is 1. The van der Waals surface area contributed by atoms with Crippen molar-refractivity contribution in [3.05, 3.63) is 52.5 Å². The van der Waals surface area contributed by atoms with Gasteiger partial charge in [-0.1, -0.05) is 23.7 Å². The lowest BCUT2D eigenvalue weighted by atomic mass is 9.80. The number of nitrogens with zero attached hydrogens (tertiary/aromatic N) is 1. The zero-order valence-corrected chi connectivity index (χ0v) is 20.1. The number of rotatable bonds is 3. The number of likely N-dealkylation sites (tertiary alicyclic amines) is 1. The van der Waals surface area contributed by atoms with E-state index < -0.39 is 27.3 Å². The Morgan fingerprint density at radius 1 is 1.15 bits per heavy atom. The summed E-state index contributed by atoms with van der Waals surface area (Å²) < 4.78 is 29.5. The molecule has 2 fully saturated rings. The number of halogens is 1. The van der Waals surface area contributed by atoms with Crippen molar-refractivity contribution in [3.63, 3.8) is 0 Å². The molecule has 4 rings (SSSR count). The lowest BCUT2D eigenvalue weighted by molar-refractivity contribution is -0.157. The zero-order chi connectivity index (χ0) is 24.1. The van der Waals surface area contributed by atoms with Crippen molar-refractivity contribution in [1.29, 1.82) is 0 Å². The first-order valence-corrected chi connectivity index (χ1v) is 12.8. The molecule has 1 spiro atoms. The summed E-state index contributed by atoms with van der Waals surface area (Å²) in [5.74, 6) is -2.07. The van der Waals surface area contributed by atoms with E-state index in [0.29, 0.717) is 40.4 Å². The Morgan fingerprint density at radius 3 is 2.42 bits per heavy atom. The number of esters is 1. The summed E-state index contributed by atoms with van der Waals surface area (Å²) in [7, 11) is -3.39. The van der Waals surface area contributed by atoms with E-state index in [4.69, 9.17) is 16.3 Å². The molecule has 7 nitrogen and oxygen atoms in total. The smallest absolute Gasteiger partial charge is 0.322 e. The molecule has 0 radical (unpaired) electrons. The van der Waals surface area contributed by atoms with Gasteiger partial charge in [0.05, 0.1) is 4.90 Å². The van der Waals surface area contributed by atoms with Gasteiger partial charge in [-0.3, -0.25) is 14.4 Å². The molecule has 1 amide bonds. The van der Waals surface area contributed by atoms with Gasteiger partial charge in [-0.25, -0.2) is 8.42 Å². The molecular weight excluding hydrogens is 466 g/mol. The lowest BCUT2D eigenvalue weighted by Gasteiger charge is -2.36. The van der Waals surface area contributed by atoms with Crippen molar-refractivity contribution in [3.8, 4) is 11.1 Å². The van der Waals surface area contributed by atoms with Crippen LogP contribution in [0, 0.1) is 6.92 Å². The largest absolute Gasteiger partial charge is 0.450 e. The molecule has 0 bridgehead atoms. The molecule has 0 saturated carbocycles. The number of hydrogen-bond acceptors (Lipinski definition) is 6. The summed E-state index contributed by atoms with van der Waals surface area (Å²) in [5.41, 5.74) is 1.16. The molecule has 174 valence electrons. The van der Waals surface area contributed by atoms with Crippen molar-refractivity contribution < 1.29 is 27.5 Å². The Hall–Kier alpha value is -2.71. The minimum Gasteiger partial charge on any atom is -0.450 e. The Bertz CT molecular complexity index is 1280. The minimum atomic E-state index is -3.39. The Kier molecular flexibility index (Phi) is 5.87. The van der Waals surface area contributed by atoms with E-state index in [9.17, 15) is 22.8 Å². The van der Waals surface area contributed by atoms with Crippen LogP contribution in [0.4, 0.5) is 0 Å². The fourth-order valence-corrected chi connectivity index (χ4v) is 5.54. The van der Waals surface area contributed by atoms with Crippen LogP contribution in [-0.4, -0.2) is 55.9 Å². The number of carbonyl (C=O) groups is 3. The van der Waals surface area contributed by atoms with Gasteiger partial charge in [-0.05, 0) is 47.9 Å². The highest BCUT2D eigenvalue weighted by molar-refractivity contribution is 7.90. The van der Waals surface area contributed by atoms with Crippen molar-refractivity contribution in [2.45, 2.75) is 43.1 Å². The monoisotopic (exact) mass is 489 g/mol. The van der Waals surface area contributed by atoms with Crippen LogP contribution in [0.5, 0.6) is 0 Å². The van der Waals surface area contributed by atoms with Gasteiger partial charge in [0, 0.05) is 49.7 Å². The molecule has 0 N–H and O–H groups in total. The summed E-state index contributed by atoms with van der Waals surface area (Å²) in [6, 6.07) is 9.79. The maximum atomic E-state index is 13.4. The van der Waals surface area contributed by atoms with Crippen molar-refractivity contribution >= 4 is 39.1 Å². The molecular formula is C24H24ClNO6S. The predicted molar refractivity (Wildman–Crippen MR) is 123 cm³/mol. The van der Waals surface area contributed by atoms with E-state index in [1.54, 1.807) is 42.2 Å². The fourth-order valence-electron chi connectivity index (χ4n) is 4.59. The Balaban J connectivity index is 1.67. The van der Waals surface area contributed by atoms with Gasteiger partial charge in [0.1, 0.15) is 5.92 Å². The summed E-state index contributed by atoms with van der Waals surface area (Å²) >= 11 is 6.55. The molecule has 2 heterocycles. The molecule has 2 aliphatic heterocycles. The van der Waals surface area contributed by atoms with Gasteiger partial charge in [-0.2, -0.15) is 0 Å². The van der Waals surface area contributed by atoms with Gasteiger partial charge >= 0.3 is 5.97 Å². The van der Waals surface area contributed by atoms with Crippen molar-refractivity contribution in [1.82, 2.24) is 4.90 Å². The van der Waals surface area contributed by atoms with Crippen LogP contribution in [-0.2, 0) is 29.0 Å². The van der Waals surface area contributed by atoms with Crippen LogP contribution in [0.25, 0.3) is 11.1 Å². The third-order valence-corrected chi connectivity index (χ3v) is 7.92. The van der Waals surface area contributed by atoms with Crippen molar-refractivity contribution in [2.24, 2.45) is 0 Å². The molecule has 9 heteroatoms. The Morgan fingerprint density at radius 2 is 1.82 bits per heavy atom. The highest BCUT2D eigenvalue weighted by Gasteiger charge is 2.57. The summed E-state index contributed by atoms with van der Waals surface area (Å²) in [6.07, 6.45) is 1.68. The van der Waals surface area contributed by atoms with E-state index in [1.807, 2.05) is 0 Å². The predicted octanol–water partition coefficient (Wildman–Crippen LogP) is 3.31. The number of hydrogen-bond donors (Lipinski definition) is 0. The first-order valence-electron chi connectivity index (χ1n) is 10.6. The number of ketones is 1. The molecule has 2 aliphatic rings. The fraction of sp³-hybridized carbons (Fsp3) is 0.375. The maximum absolute atomic E-state index is 13.4. The Labute approximate surface area is 197 Å². The molecule has 0 aromatic heterocycles. The van der Waals surface area contributed by atoms with Gasteiger partial charge in [-0.15, -0.1) is 0 Å². The van der Waals surface area contributed by atoms with E-state index in [1.165, 1.54) is 13.0 Å². The maximum Gasteiger partial charge on any atom is 0.322 e. The quantitative estimate of drug-likeness (QED) is 0.484. The molecule has 1 atom stereocenters. The number of piperidine rings is 1. The number of aryl methyl sites for hydroxylation is 1. The molecule has 2 saturated heterocycles. The average Bonchev–Trinajstić information content (AvgIpc) is 2.98. The third-order valence-electron chi connectivity index (χ3n) is 6.50. The highest BCUT2D eigenvalue weighted by atomic mass is 35.5. The van der Waals surface area contributed by atoms with Crippen LogP contribution in [0.1, 0.15) is 36.8 Å². The van der Waals surface area contributed by atoms with Crippen LogP contribution >= 0.6 is 11.6 Å². The molecule has 0 aliphatic carbocycles. The SMILES string of the molecule is CC(=O)N1CCC2(CC1)OC(=O)C(c1cc(Cl)c(-c3cccc(S(C)(=O)=O)c3)cc1C)C2=O. The standard InChI is InChI=1S/C24H24ClNO6S/c1-14-11-19(16-5-4-6-17(12-16)33(3,30)31)20(25)13-18(14)21-22(28)24(32-23(21)29)7-9-26(10-8-24)15(2)27/h4-6,11-13,21H,7-10H2,1-3H3. The first kappa shape index (κ1) is 23.4. The van der Waals surface area contributed by atoms with E-state index in [2.05, 4.69) is 0 Å². The zero-order valence-electron chi connectivity index (χ0n) is 18.6. The highest BCUT2D eigenvalue weighted by Crippen LogP contribution is 2.43. The minimum absolute atomic E-state index is 0.0728. The lowest BCUT2D eigenvalue weighted by Crippen LogP contribution is -2.49. The number of sulfone groups is 1. The molecule has 2 aromatic rings. The second-order valence-corrected chi connectivity index (χ2v) is 11.1. The topological polar surface area (TPSA) is 97.8 Å². The average molecular weight is 490 g/mol. The number of carbonyl (C=O) groups excluding carboxylic acids is 3. The van der Waals surface area contributed by atoms with Crippen molar-refractivity contribution in [2.75, 3.05) is 19.3 Å². The molecule has 1 unspecified atom stereocenters. The first-order chi connectivity index (χ1) is 15.4. The third kappa shape index (κ3) is 4.17. The molecule has 2 aromatic carbocycles. The second-order valence-electron chi connectivity index (χ2n) is 8.71. The number of benzene rings is 2. The second kappa shape index (κ2) is 8.25. The van der Waals surface area contributed by atoms with Gasteiger partial charge < -0.3 is 9.64 Å². The van der Waals surface area contributed by atoms with E-state index >= 15 is 0 Å². The van der Waals surface area contributed by atoms with Crippen LogP contribution in [0.3, 0.4) is 0 Å². The summed E-state index contributed by atoms with van der Waals surface area (Å²) in [4.78, 5) is 39.6. The number of Topliss-reactive ketones (excluding diaryl/α,β-unsaturated/α-hetero) is 1. The normalized spacial score (nSPS) is 20.2. The molecule has 33 heavy (non-hydrogen) atoms. The van der Waals surface area contributed by atoms with Crippen LogP contribution < -0.4 is 0 Å². The van der Waals surface area contributed by atoms with Gasteiger partial charge in [0.15, 0.2) is 21.2 Å². The summed E-state index contributed by atoms with van der Waals surface area (Å²) in [6.45, 7) is 3.97. The van der Waals surface area contributed by atoms with Crippen LogP contribution in [0.15, 0.2) is 41.3 Å². The van der Waals surface area contributed by atoms with Gasteiger partial charge in [0.2, 0.25) is 5.91 Å².